The predicted octanol–water partition coefficient (Wildman–Crippen LogP) is -1.14. The zero-order valence-corrected chi connectivity index (χ0v) is 9.34. The van der Waals surface area contributed by atoms with Gasteiger partial charge in [0.1, 0.15) is 0 Å². The first-order valence-corrected chi connectivity index (χ1v) is 3.28. The maximum Gasteiger partial charge on any atom is 1.00 e. The summed E-state index contributed by atoms with van der Waals surface area (Å²) in [5.41, 5.74) is 0.470. The third kappa shape index (κ3) is 2.64. The van der Waals surface area contributed by atoms with Crippen LogP contribution >= 0.6 is 0 Å². The second kappa shape index (κ2) is 5.37. The van der Waals surface area contributed by atoms with Gasteiger partial charge in [0.05, 0.1) is 11.3 Å². The van der Waals surface area contributed by atoms with Crippen LogP contribution in [0.5, 0.6) is 0 Å². The van der Waals surface area contributed by atoms with Gasteiger partial charge in [0.25, 0.3) is 0 Å². The van der Waals surface area contributed by atoms with Crippen LogP contribution in [-0.4, -0.2) is 11.1 Å². The molecule has 3 nitrogen and oxygen atoms in total. The molecule has 0 spiro atoms. The van der Waals surface area contributed by atoms with E-state index in [2.05, 4.69) is 16.8 Å². The molecule has 0 heterocycles. The molecule has 58 valence electrons. The number of hydrogen-bond acceptors (Lipinski definition) is 3. The minimum absolute atomic E-state index is 0. The molecule has 12 heavy (non-hydrogen) atoms. The van der Waals surface area contributed by atoms with Gasteiger partial charge in [-0.3, -0.25) is 0 Å². The fraction of sp³-hybridized carbons (Fsp3) is 0. The van der Waals surface area contributed by atoms with E-state index in [1.165, 1.54) is 6.07 Å². The van der Waals surface area contributed by atoms with E-state index in [0.717, 1.165) is 0 Å². The van der Waals surface area contributed by atoms with Gasteiger partial charge in [-0.25, -0.2) is 4.79 Å². The normalized spacial score (nSPS) is 8.33. The molecule has 0 amide bonds. The summed E-state index contributed by atoms with van der Waals surface area (Å²) in [6.07, 6.45) is 0. The molecule has 1 rings (SSSR count). The van der Waals surface area contributed by atoms with E-state index < -0.39 is 5.97 Å². The summed E-state index contributed by atoms with van der Waals surface area (Å²) < 4.78 is 3.39. The number of hydrogen-bond donors (Lipinski definition) is 1. The van der Waals surface area contributed by atoms with Gasteiger partial charge < -0.3 is 6.53 Å². The monoisotopic (exact) mass is 191 g/mol. The first-order chi connectivity index (χ1) is 5.25. The van der Waals surface area contributed by atoms with E-state index in [0.29, 0.717) is 5.69 Å². The van der Waals surface area contributed by atoms with Crippen LogP contribution in [0.1, 0.15) is 11.8 Å². The largest absolute Gasteiger partial charge is 1.00 e. The molecule has 0 aliphatic rings. The Morgan fingerprint density at radius 2 is 2.08 bits per heavy atom. The Bertz CT molecular complexity index is 308. The van der Waals surface area contributed by atoms with Crippen LogP contribution in [0.25, 0.3) is 0 Å². The molecule has 1 aromatic carbocycles. The summed E-state index contributed by atoms with van der Waals surface area (Å²) >= 11 is 4.39. The quantitative estimate of drug-likeness (QED) is 0.601. The van der Waals surface area contributed by atoms with E-state index in [9.17, 15) is 4.79 Å². The zero-order chi connectivity index (χ0) is 8.27. The Morgan fingerprint density at radius 3 is 2.50 bits per heavy atom. The topological polar surface area (TPSA) is 49.7 Å². The molecule has 0 bridgehead atoms. The first kappa shape index (κ1) is 11.7. The zero-order valence-electron chi connectivity index (χ0n) is 7.52. The van der Waals surface area contributed by atoms with E-state index in [1.54, 1.807) is 18.2 Å². The summed E-state index contributed by atoms with van der Waals surface area (Å²) in [6, 6.07) is 6.36. The molecule has 0 aliphatic carbocycles. The third-order valence-electron chi connectivity index (χ3n) is 1.23. The van der Waals surface area contributed by atoms with Crippen LogP contribution in [0.2, 0.25) is 0 Å². The van der Waals surface area contributed by atoms with Crippen molar-refractivity contribution in [2.45, 2.75) is 0 Å². The summed E-state index contributed by atoms with van der Waals surface area (Å²) in [5.74, 6) is -1.01. The van der Waals surface area contributed by atoms with Crippen molar-refractivity contribution < 1.29 is 40.9 Å². The van der Waals surface area contributed by atoms with Crippen molar-refractivity contribution in [3.05, 3.63) is 29.8 Å². The molecule has 0 radical (unpaired) electrons. The Morgan fingerprint density at radius 1 is 1.50 bits per heavy atom. The second-order valence-corrected chi connectivity index (χ2v) is 2.10. The van der Waals surface area contributed by atoms with Crippen molar-refractivity contribution in [3.8, 4) is 0 Å². The van der Waals surface area contributed by atoms with E-state index in [4.69, 9.17) is 5.11 Å². The van der Waals surface area contributed by atoms with Gasteiger partial charge in [-0.15, -0.1) is 0 Å². The molecular formula is C7H6NNaO2S. The van der Waals surface area contributed by atoms with Gasteiger partial charge in [0, 0.05) is 12.4 Å². The summed E-state index contributed by atoms with van der Waals surface area (Å²) in [4.78, 5) is 10.5. The molecule has 0 aromatic heterocycles. The molecule has 0 unspecified atom stereocenters. The van der Waals surface area contributed by atoms with Crippen LogP contribution in [0.4, 0.5) is 5.69 Å². The first-order valence-electron chi connectivity index (χ1n) is 2.91. The molecule has 0 saturated carbocycles. The second-order valence-electron chi connectivity index (χ2n) is 1.91. The van der Waals surface area contributed by atoms with Crippen molar-refractivity contribution in [1.29, 1.82) is 0 Å². The van der Waals surface area contributed by atoms with E-state index in [1.807, 2.05) is 0 Å². The number of benzene rings is 1. The number of aromatic carboxylic acids is 1. The van der Waals surface area contributed by atoms with E-state index in [-0.39, 0.29) is 36.5 Å². The van der Waals surface area contributed by atoms with Gasteiger partial charge in [-0.2, -0.15) is 4.36 Å². The summed E-state index contributed by atoms with van der Waals surface area (Å²) in [6.45, 7) is 0. The molecule has 1 N–H and O–H groups in total. The van der Waals surface area contributed by atoms with Crippen molar-refractivity contribution in [1.82, 2.24) is 0 Å². The Labute approximate surface area is 98.7 Å². The molecule has 1 aromatic rings. The average Bonchev–Trinajstić information content (AvgIpc) is 2.04. The van der Waals surface area contributed by atoms with Gasteiger partial charge >= 0.3 is 35.5 Å². The summed E-state index contributed by atoms with van der Waals surface area (Å²) in [5, 5.41) is 8.59. The van der Waals surface area contributed by atoms with Crippen LogP contribution in [-0.2, 0) is 12.4 Å². The number of carboxylic acids is 1. The maximum absolute atomic E-state index is 10.5. The van der Waals surface area contributed by atoms with Crippen molar-refractivity contribution in [2.75, 3.05) is 0 Å². The van der Waals surface area contributed by atoms with E-state index >= 15 is 0 Å². The Balaban J connectivity index is 0. The van der Waals surface area contributed by atoms with Crippen LogP contribution in [0.15, 0.2) is 28.6 Å². The van der Waals surface area contributed by atoms with Crippen LogP contribution in [0, 0.1) is 0 Å². The number of rotatable bonds is 2. The average molecular weight is 191 g/mol. The van der Waals surface area contributed by atoms with Gasteiger partial charge in [0.15, 0.2) is 0 Å². The van der Waals surface area contributed by atoms with Gasteiger partial charge in [-0.1, -0.05) is 12.1 Å². The predicted molar refractivity (Wildman–Crippen MR) is 44.0 cm³/mol. The summed E-state index contributed by atoms with van der Waals surface area (Å²) in [7, 11) is 0. The minimum atomic E-state index is -1.01. The van der Waals surface area contributed by atoms with Gasteiger partial charge in [0.2, 0.25) is 0 Å². The Hall–Kier alpha value is -0.290. The molecule has 0 fully saturated rings. The SMILES string of the molecule is O=C(O)c1ccccc1N=S.[H-].[Na+]. The van der Waals surface area contributed by atoms with Crippen molar-refractivity contribution in [3.63, 3.8) is 0 Å². The Kier molecular flexibility index (Phi) is 5.24. The van der Waals surface area contributed by atoms with Gasteiger partial charge in [-0.05, 0) is 12.1 Å². The number of carbonyl (C=O) groups is 1. The smallest absolute Gasteiger partial charge is 1.00 e. The van der Waals surface area contributed by atoms with Crippen LogP contribution < -0.4 is 29.6 Å². The molecule has 0 atom stereocenters. The maximum atomic E-state index is 10.5. The fourth-order valence-corrected chi connectivity index (χ4v) is 0.893. The fourth-order valence-electron chi connectivity index (χ4n) is 0.734. The molecule has 5 heteroatoms. The van der Waals surface area contributed by atoms with Crippen molar-refractivity contribution in [2.24, 2.45) is 4.36 Å². The van der Waals surface area contributed by atoms with Crippen LogP contribution in [0.3, 0.4) is 0 Å². The molecule has 0 saturated heterocycles. The van der Waals surface area contributed by atoms with Crippen molar-refractivity contribution >= 4 is 24.1 Å². The number of carboxylic acid groups (broad SMARTS) is 1. The minimum Gasteiger partial charge on any atom is -1.00 e. The third-order valence-corrected chi connectivity index (χ3v) is 1.43. The number of nitrogens with zero attached hydrogens (tertiary/aromatic N) is 1. The standard InChI is InChI=1S/C7H5NO2S.Na.H/c9-7(10)5-3-1-2-4-6(5)8-11;;/h1-4H,(H,9,10);;/q;+1;-1. The molecular weight excluding hydrogens is 185 g/mol. The molecule has 0 aliphatic heterocycles.